The van der Waals surface area contributed by atoms with Gasteiger partial charge in [0.15, 0.2) is 0 Å². The molecule has 2 aromatic rings. The zero-order chi connectivity index (χ0) is 28.5. The molecule has 0 aliphatic heterocycles. The van der Waals surface area contributed by atoms with Crippen LogP contribution >= 0.6 is 11.6 Å². The molecule has 0 aliphatic rings. The van der Waals surface area contributed by atoms with Crippen LogP contribution in [0, 0.1) is 5.92 Å². The number of amides is 2. The van der Waals surface area contributed by atoms with Gasteiger partial charge in [0, 0.05) is 26.1 Å². The van der Waals surface area contributed by atoms with Crippen molar-refractivity contribution < 1.29 is 27.5 Å². The van der Waals surface area contributed by atoms with E-state index >= 15 is 0 Å². The second-order valence-corrected chi connectivity index (χ2v) is 11.8. The third-order valence-corrected chi connectivity index (χ3v) is 7.40. The van der Waals surface area contributed by atoms with Crippen LogP contribution in [-0.2, 0) is 26.2 Å². The molecule has 0 heterocycles. The Hall–Kier alpha value is -2.98. The molecule has 1 N–H and O–H groups in total. The Labute approximate surface area is 231 Å². The molecule has 0 unspecified atom stereocenters. The number of ether oxygens (including phenoxy) is 2. The lowest BCUT2D eigenvalue weighted by molar-refractivity contribution is -0.140. The van der Waals surface area contributed by atoms with E-state index in [0.717, 1.165) is 11.8 Å². The number of methoxy groups -OCH3 is 2. The van der Waals surface area contributed by atoms with Crippen molar-refractivity contribution in [3.63, 3.8) is 0 Å². The summed E-state index contributed by atoms with van der Waals surface area (Å²) >= 11 is 6.20. The number of halogens is 1. The van der Waals surface area contributed by atoms with E-state index in [0.29, 0.717) is 23.7 Å². The number of nitrogens with zero attached hydrogens (tertiary/aromatic N) is 2. The van der Waals surface area contributed by atoms with Crippen molar-refractivity contribution in [2.24, 2.45) is 5.92 Å². The lowest BCUT2D eigenvalue weighted by Gasteiger charge is -2.30. The minimum atomic E-state index is -3.64. The molecule has 0 aliphatic carbocycles. The number of anilines is 1. The van der Waals surface area contributed by atoms with E-state index in [1.165, 1.54) is 22.4 Å². The normalized spacial score (nSPS) is 12.1. The number of carbonyl (C=O) groups excluding carboxylic acids is 2. The number of sulfonamides is 1. The summed E-state index contributed by atoms with van der Waals surface area (Å²) in [6, 6.07) is 11.3. The molecule has 0 saturated carbocycles. The monoisotopic (exact) mass is 567 g/mol. The number of benzene rings is 2. The highest BCUT2D eigenvalue weighted by Gasteiger charge is 2.27. The number of hydrogen-bond donors (Lipinski definition) is 1. The smallest absolute Gasteiger partial charge is 0.242 e. The fraction of sp³-hybridized carbons (Fsp3) is 0.481. The summed E-state index contributed by atoms with van der Waals surface area (Å²) in [5.41, 5.74) is 1.19. The molecular weight excluding hydrogens is 530 g/mol. The van der Waals surface area contributed by atoms with Gasteiger partial charge < -0.3 is 19.7 Å². The van der Waals surface area contributed by atoms with Crippen molar-refractivity contribution in [1.82, 2.24) is 10.2 Å². The third-order valence-electron chi connectivity index (χ3n) is 5.91. The Morgan fingerprint density at radius 3 is 2.34 bits per heavy atom. The molecule has 11 heteroatoms. The standard InChI is InChI=1S/C27H38ClN3O6S/c1-19(2)17-29-27(33)20(3)30(18-21-9-7-10-23(15-21)36-4)26(32)11-8-14-31(38(6,34)35)22-12-13-25(37-5)24(28)16-22/h7,9-10,12-13,15-16,19-20H,8,11,14,17-18H2,1-6H3,(H,29,33)/t20-/m0/s1. The van der Waals surface area contributed by atoms with Crippen LogP contribution in [0.1, 0.15) is 39.2 Å². The fourth-order valence-electron chi connectivity index (χ4n) is 3.82. The Kier molecular flexibility index (Phi) is 11.7. The molecule has 0 aromatic heterocycles. The van der Waals surface area contributed by atoms with Crippen LogP contribution in [0.25, 0.3) is 0 Å². The van der Waals surface area contributed by atoms with Gasteiger partial charge in [-0.15, -0.1) is 0 Å². The van der Waals surface area contributed by atoms with Crippen LogP contribution in [0.4, 0.5) is 5.69 Å². The van der Waals surface area contributed by atoms with Crippen LogP contribution in [-0.4, -0.2) is 64.7 Å². The van der Waals surface area contributed by atoms with Gasteiger partial charge in [-0.05, 0) is 55.2 Å². The maximum Gasteiger partial charge on any atom is 0.242 e. The van der Waals surface area contributed by atoms with Crippen molar-refractivity contribution >= 4 is 39.1 Å². The highest BCUT2D eigenvalue weighted by molar-refractivity contribution is 7.92. The lowest BCUT2D eigenvalue weighted by Crippen LogP contribution is -2.48. The highest BCUT2D eigenvalue weighted by Crippen LogP contribution is 2.30. The Balaban J connectivity index is 2.20. The molecule has 38 heavy (non-hydrogen) atoms. The number of rotatable bonds is 14. The topological polar surface area (TPSA) is 105 Å². The van der Waals surface area contributed by atoms with Gasteiger partial charge in [0.2, 0.25) is 21.8 Å². The Bertz CT molecular complexity index is 1210. The molecular formula is C27H38ClN3O6S. The fourth-order valence-corrected chi connectivity index (χ4v) is 5.03. The maximum atomic E-state index is 13.4. The van der Waals surface area contributed by atoms with Gasteiger partial charge in [0.05, 0.1) is 31.2 Å². The van der Waals surface area contributed by atoms with Crippen molar-refractivity contribution in [3.8, 4) is 11.5 Å². The van der Waals surface area contributed by atoms with Crippen LogP contribution in [0.2, 0.25) is 5.02 Å². The van der Waals surface area contributed by atoms with Crippen molar-refractivity contribution in [1.29, 1.82) is 0 Å². The van der Waals surface area contributed by atoms with Crippen LogP contribution < -0.4 is 19.1 Å². The van der Waals surface area contributed by atoms with E-state index in [4.69, 9.17) is 21.1 Å². The van der Waals surface area contributed by atoms with Crippen LogP contribution in [0.15, 0.2) is 42.5 Å². The van der Waals surface area contributed by atoms with Crippen molar-refractivity contribution in [2.75, 3.05) is 37.9 Å². The van der Waals surface area contributed by atoms with E-state index < -0.39 is 16.1 Å². The predicted octanol–water partition coefficient (Wildman–Crippen LogP) is 4.09. The van der Waals surface area contributed by atoms with Gasteiger partial charge in [-0.1, -0.05) is 37.6 Å². The maximum absolute atomic E-state index is 13.4. The van der Waals surface area contributed by atoms with E-state index in [1.54, 1.807) is 32.2 Å². The number of nitrogens with one attached hydrogen (secondary N) is 1. The van der Waals surface area contributed by atoms with Crippen molar-refractivity contribution in [3.05, 3.63) is 53.1 Å². The first-order chi connectivity index (χ1) is 17.9. The summed E-state index contributed by atoms with van der Waals surface area (Å²) in [4.78, 5) is 27.8. The zero-order valence-electron chi connectivity index (χ0n) is 22.9. The molecule has 210 valence electrons. The molecule has 0 spiro atoms. The average molecular weight is 568 g/mol. The quantitative estimate of drug-likeness (QED) is 0.368. The SMILES string of the molecule is COc1cccc(CN(C(=O)CCCN(c2ccc(OC)c(Cl)c2)S(C)(=O)=O)[C@@H](C)C(=O)NCC(C)C)c1. The summed E-state index contributed by atoms with van der Waals surface area (Å²) in [5.74, 6) is 0.828. The number of carbonyl (C=O) groups is 2. The molecule has 2 amide bonds. The van der Waals surface area contributed by atoms with E-state index in [1.807, 2.05) is 32.0 Å². The zero-order valence-corrected chi connectivity index (χ0v) is 24.4. The van der Waals surface area contributed by atoms with Gasteiger partial charge in [-0.3, -0.25) is 13.9 Å². The molecule has 0 bridgehead atoms. The second kappa shape index (κ2) is 14.2. The third kappa shape index (κ3) is 9.09. The summed E-state index contributed by atoms with van der Waals surface area (Å²) < 4.78 is 36.7. The molecule has 2 rings (SSSR count). The summed E-state index contributed by atoms with van der Waals surface area (Å²) in [5, 5.41) is 3.17. The largest absolute Gasteiger partial charge is 0.497 e. The van der Waals surface area contributed by atoms with Gasteiger partial charge in [-0.25, -0.2) is 8.42 Å². The van der Waals surface area contributed by atoms with Crippen LogP contribution in [0.3, 0.4) is 0 Å². The predicted molar refractivity (Wildman–Crippen MR) is 150 cm³/mol. The van der Waals surface area contributed by atoms with Gasteiger partial charge in [0.25, 0.3) is 0 Å². The van der Waals surface area contributed by atoms with E-state index in [-0.39, 0.29) is 48.7 Å². The van der Waals surface area contributed by atoms with Gasteiger partial charge in [-0.2, -0.15) is 0 Å². The van der Waals surface area contributed by atoms with Crippen LogP contribution in [0.5, 0.6) is 11.5 Å². The number of hydrogen-bond acceptors (Lipinski definition) is 6. The Morgan fingerprint density at radius 2 is 1.76 bits per heavy atom. The summed E-state index contributed by atoms with van der Waals surface area (Å²) in [6.45, 7) is 6.44. The average Bonchev–Trinajstić information content (AvgIpc) is 2.87. The highest BCUT2D eigenvalue weighted by atomic mass is 35.5. The Morgan fingerprint density at radius 1 is 1.05 bits per heavy atom. The lowest BCUT2D eigenvalue weighted by atomic mass is 10.1. The van der Waals surface area contributed by atoms with Gasteiger partial charge >= 0.3 is 0 Å². The molecule has 2 aromatic carbocycles. The first-order valence-electron chi connectivity index (χ1n) is 12.4. The summed E-state index contributed by atoms with van der Waals surface area (Å²) in [6.07, 6.45) is 1.38. The van der Waals surface area contributed by atoms with E-state index in [9.17, 15) is 18.0 Å². The summed E-state index contributed by atoms with van der Waals surface area (Å²) in [7, 11) is -0.606. The van der Waals surface area contributed by atoms with Gasteiger partial charge in [0.1, 0.15) is 17.5 Å². The molecule has 0 saturated heterocycles. The van der Waals surface area contributed by atoms with E-state index in [2.05, 4.69) is 5.32 Å². The molecule has 0 fully saturated rings. The van der Waals surface area contributed by atoms with Crippen molar-refractivity contribution in [2.45, 2.75) is 46.2 Å². The molecule has 0 radical (unpaired) electrons. The first-order valence-corrected chi connectivity index (χ1v) is 14.6. The molecule has 9 nitrogen and oxygen atoms in total. The minimum absolute atomic E-state index is 0.0433. The minimum Gasteiger partial charge on any atom is -0.497 e. The molecule has 1 atom stereocenters. The first kappa shape index (κ1) is 31.2. The second-order valence-electron chi connectivity index (χ2n) is 9.45.